The lowest BCUT2D eigenvalue weighted by Gasteiger charge is -2.43. The molecule has 0 radical (unpaired) electrons. The number of carbonyl (C=O) groups is 4. The van der Waals surface area contributed by atoms with E-state index in [4.69, 9.17) is 62.6 Å². The number of ether oxygens (including phenoxy) is 8. The van der Waals surface area contributed by atoms with Crippen molar-refractivity contribution in [1.82, 2.24) is 0 Å². The second-order valence-electron chi connectivity index (χ2n) is 22.9. The predicted molar refractivity (Wildman–Crippen MR) is 294 cm³/mol. The van der Waals surface area contributed by atoms with E-state index < -0.39 is 104 Å². The third-order valence-electron chi connectivity index (χ3n) is 7.54. The molecule has 412 valence electrons. The molecule has 26 heteroatoms. The Hall–Kier alpha value is -1.30. The molecular weight excluding hydrogens is 1040 g/mol. The van der Waals surface area contributed by atoms with E-state index in [0.29, 0.717) is 38.1 Å². The average Bonchev–Trinajstić information content (AvgIpc) is 3.11. The normalized spacial score (nSPS) is 13.9. The predicted octanol–water partition coefficient (Wildman–Crippen LogP) is 9.13. The van der Waals surface area contributed by atoms with Crippen LogP contribution in [0.3, 0.4) is 0 Å². The molecule has 0 saturated heterocycles. The molecule has 0 amide bonds. The molecule has 0 aromatic carbocycles. The van der Waals surface area contributed by atoms with Gasteiger partial charge in [0.2, 0.25) is 0 Å². The number of hydrogen-bond donors (Lipinski definition) is 0. The summed E-state index contributed by atoms with van der Waals surface area (Å²) in [6.07, 6.45) is -0.180. The van der Waals surface area contributed by atoms with Crippen LogP contribution < -0.4 is 0 Å². The van der Waals surface area contributed by atoms with E-state index in [1.165, 1.54) is 14.2 Å². The highest BCUT2D eigenvalue weighted by Gasteiger charge is 2.51. The van der Waals surface area contributed by atoms with Gasteiger partial charge in [-0.1, -0.05) is 13.2 Å². The Morgan fingerprint density at radius 3 is 1.01 bits per heavy atom. The first-order chi connectivity index (χ1) is 31.5. The van der Waals surface area contributed by atoms with Crippen molar-refractivity contribution < 1.29 is 81.8 Å². The fourth-order valence-corrected chi connectivity index (χ4v) is 35.1. The van der Waals surface area contributed by atoms with Crippen LogP contribution >= 0.6 is 0 Å². The molecule has 0 aromatic rings. The molecule has 2 atom stereocenters. The van der Waals surface area contributed by atoms with Gasteiger partial charge in [0.15, 0.2) is 62.1 Å². The van der Waals surface area contributed by atoms with Crippen LogP contribution in [0.15, 0.2) is 24.3 Å². The number of carbonyl (C=O) groups excluding carboxylic acids is 4. The average molecular weight is 1140 g/mol. The molecule has 0 aromatic heterocycles. The number of hydrogen-bond acceptors (Lipinski definition) is 18. The fraction of sp³-hybridized carbons (Fsp3) is 0.818. The first-order valence-electron chi connectivity index (χ1n) is 23.9. The topological polar surface area (TPSA) is 197 Å². The molecular formula is C44H96O18Si8. The Balaban J connectivity index is 0. The molecule has 0 heterocycles. The van der Waals surface area contributed by atoms with Crippen molar-refractivity contribution in [2.45, 2.75) is 169 Å². The van der Waals surface area contributed by atoms with Gasteiger partial charge in [0.25, 0.3) is 0 Å². The molecule has 2 unspecified atom stereocenters. The van der Waals surface area contributed by atoms with E-state index in [1.807, 2.05) is 0 Å². The molecule has 18 nitrogen and oxygen atoms in total. The van der Waals surface area contributed by atoms with E-state index in [0.717, 1.165) is 0 Å². The van der Waals surface area contributed by atoms with Gasteiger partial charge in [-0.2, -0.15) is 0 Å². The van der Waals surface area contributed by atoms with Gasteiger partial charge in [0, 0.05) is 50.7 Å². The van der Waals surface area contributed by atoms with Crippen molar-refractivity contribution in [1.29, 1.82) is 0 Å². The van der Waals surface area contributed by atoms with Crippen molar-refractivity contribution in [3.63, 3.8) is 0 Å². The van der Waals surface area contributed by atoms with E-state index in [1.54, 1.807) is 13.8 Å². The van der Waals surface area contributed by atoms with Gasteiger partial charge in [-0.05, 0) is 145 Å². The van der Waals surface area contributed by atoms with Gasteiger partial charge in [0.05, 0.1) is 13.2 Å². The molecule has 0 aliphatic heterocycles. The number of rotatable bonds is 36. The molecule has 0 bridgehead atoms. The first-order valence-corrected chi connectivity index (χ1v) is 48.2. The lowest BCUT2D eigenvalue weighted by atomic mass is 10.3. The van der Waals surface area contributed by atoms with Crippen LogP contribution in [0.2, 0.25) is 130 Å². The summed E-state index contributed by atoms with van der Waals surface area (Å²) in [6.45, 7) is 49.2. The first kappa shape index (κ1) is 70.8. The maximum Gasteiger partial charge on any atom is 0.469 e. The quantitative estimate of drug-likeness (QED) is 0.0189. The third kappa shape index (κ3) is 40.1. The Morgan fingerprint density at radius 2 is 0.714 bits per heavy atom. The summed E-state index contributed by atoms with van der Waals surface area (Å²) in [4.78, 5) is 47.2. The summed E-state index contributed by atoms with van der Waals surface area (Å²) in [5.41, 5.74) is 0.519. The van der Waals surface area contributed by atoms with Crippen LogP contribution in [-0.4, -0.2) is 171 Å². The molecule has 0 spiro atoms. The van der Waals surface area contributed by atoms with Crippen LogP contribution in [0.5, 0.6) is 0 Å². The van der Waals surface area contributed by atoms with Crippen LogP contribution in [-0.2, 0) is 81.8 Å². The lowest BCUT2D eigenvalue weighted by Crippen LogP contribution is -2.60. The van der Waals surface area contributed by atoms with Gasteiger partial charge in [-0.25, -0.2) is 19.2 Å². The van der Waals surface area contributed by atoms with E-state index in [9.17, 15) is 19.2 Å². The number of esters is 4. The SMILES string of the molecule is C=C(C)C(=O)OC(COCCC[Si](O[Si](C)(C)C)(O[Si](C)(C)C)O[Si](C)(C)C)COC(=O)COC.C=C(C)C(=O)OCC(COCCC[Si](O[Si](C)(C)C)(O[Si](C)(C)C)O[Si](C)(C)C)OC(=O)COC. The minimum Gasteiger partial charge on any atom is -0.460 e. The Kier molecular flexibility index (Phi) is 32.6. The maximum absolute atomic E-state index is 12.0. The van der Waals surface area contributed by atoms with Gasteiger partial charge < -0.3 is 62.6 Å². The summed E-state index contributed by atoms with van der Waals surface area (Å²) in [5, 5.41) is 0. The van der Waals surface area contributed by atoms with Crippen molar-refractivity contribution >= 4 is 91.4 Å². The van der Waals surface area contributed by atoms with Gasteiger partial charge in [-0.3, -0.25) is 0 Å². The maximum atomic E-state index is 12.0. The summed E-state index contributed by atoms with van der Waals surface area (Å²) < 4.78 is 82.1. The highest BCUT2D eigenvalue weighted by molar-refractivity contribution is 6.91. The van der Waals surface area contributed by atoms with Crippen LogP contribution in [0.4, 0.5) is 0 Å². The lowest BCUT2D eigenvalue weighted by molar-refractivity contribution is -0.164. The molecule has 0 saturated carbocycles. The van der Waals surface area contributed by atoms with Crippen LogP contribution in [0.25, 0.3) is 0 Å². The van der Waals surface area contributed by atoms with E-state index >= 15 is 0 Å². The minimum absolute atomic E-state index is 0.0755. The molecule has 0 N–H and O–H groups in total. The second-order valence-corrected chi connectivity index (χ2v) is 56.8. The highest BCUT2D eigenvalue weighted by atomic mass is 28.5. The van der Waals surface area contributed by atoms with E-state index in [-0.39, 0.29) is 50.8 Å². The molecule has 0 aliphatic rings. The van der Waals surface area contributed by atoms with Crippen molar-refractivity contribution in [2.75, 3.05) is 67.1 Å². The van der Waals surface area contributed by atoms with Gasteiger partial charge in [-0.15, -0.1) is 0 Å². The molecule has 0 aliphatic carbocycles. The summed E-state index contributed by atoms with van der Waals surface area (Å²) in [7, 11) is -14.7. The third-order valence-corrected chi connectivity index (χ3v) is 31.6. The number of methoxy groups -OCH3 is 2. The fourth-order valence-electron chi connectivity index (χ4n) is 5.90. The zero-order chi connectivity index (χ0) is 55.0. The summed E-state index contributed by atoms with van der Waals surface area (Å²) in [6, 6.07) is 1.29. The molecule has 0 fully saturated rings. The molecule has 0 rings (SSSR count). The van der Waals surface area contributed by atoms with Crippen molar-refractivity contribution in [2.24, 2.45) is 0 Å². The van der Waals surface area contributed by atoms with Crippen molar-refractivity contribution in [3.05, 3.63) is 24.3 Å². The standard InChI is InChI=1S/2C22H48O9Si4/c1-19(2)22(24)27-17-20(28-21(23)18-25-3)16-26-14-13-15-35(29-32(4,5)6,30-33(7,8)9)31-34(10,11)12;1-19(2)22(24)28-20(17-27-21(23)18-25-3)16-26-14-13-15-35(29-32(4,5)6,30-33(7,8)9)31-34(10,11)12/h2*20H,1,13-18H2,2-12H3. The van der Waals surface area contributed by atoms with Crippen molar-refractivity contribution in [3.8, 4) is 0 Å². The Labute approximate surface area is 431 Å². The van der Waals surface area contributed by atoms with Gasteiger partial charge >= 0.3 is 41.5 Å². The van der Waals surface area contributed by atoms with Crippen LogP contribution in [0.1, 0.15) is 26.7 Å². The summed E-state index contributed by atoms with van der Waals surface area (Å²) in [5.74, 6) is -2.22. The smallest absolute Gasteiger partial charge is 0.460 e. The second kappa shape index (κ2) is 32.2. The highest BCUT2D eigenvalue weighted by Crippen LogP contribution is 2.31. The monoisotopic (exact) mass is 1140 g/mol. The van der Waals surface area contributed by atoms with Crippen LogP contribution in [0, 0.1) is 0 Å². The minimum atomic E-state index is -2.93. The summed E-state index contributed by atoms with van der Waals surface area (Å²) >= 11 is 0. The van der Waals surface area contributed by atoms with Gasteiger partial charge in [0.1, 0.15) is 26.4 Å². The molecule has 70 heavy (non-hydrogen) atoms. The van der Waals surface area contributed by atoms with E-state index in [2.05, 4.69) is 131 Å². The largest absolute Gasteiger partial charge is 0.469 e. The zero-order valence-corrected chi connectivity index (χ0v) is 55.4. The Morgan fingerprint density at radius 1 is 0.414 bits per heavy atom. The Bertz CT molecular complexity index is 1510. The zero-order valence-electron chi connectivity index (χ0n) is 47.4.